The number of halogens is 2. The molecule has 1 fully saturated rings. The van der Waals surface area contributed by atoms with Gasteiger partial charge in [0.25, 0.3) is 0 Å². The minimum Gasteiger partial charge on any atom is -0.492 e. The van der Waals surface area contributed by atoms with Gasteiger partial charge in [-0.3, -0.25) is 4.98 Å². The summed E-state index contributed by atoms with van der Waals surface area (Å²) in [5.41, 5.74) is 1.75. The Balaban J connectivity index is 1.28. The number of piperidine rings is 1. The van der Waals surface area contributed by atoms with Crippen molar-refractivity contribution in [2.45, 2.75) is 46.1 Å². The first-order chi connectivity index (χ1) is 18.4. The van der Waals surface area contributed by atoms with E-state index in [9.17, 15) is 8.78 Å². The van der Waals surface area contributed by atoms with Crippen LogP contribution in [0, 0.1) is 17.6 Å². The van der Waals surface area contributed by atoms with Crippen LogP contribution < -0.4 is 14.4 Å². The molecule has 2 aromatic heterocycles. The Morgan fingerprint density at radius 3 is 2.58 bits per heavy atom. The van der Waals surface area contributed by atoms with Crippen LogP contribution in [-0.4, -0.2) is 65.3 Å². The van der Waals surface area contributed by atoms with Gasteiger partial charge in [-0.15, -0.1) is 0 Å². The van der Waals surface area contributed by atoms with Crippen molar-refractivity contribution in [3.05, 3.63) is 59.8 Å². The fourth-order valence-corrected chi connectivity index (χ4v) is 5.11. The third-order valence-electron chi connectivity index (χ3n) is 7.38. The van der Waals surface area contributed by atoms with E-state index >= 15 is 0 Å². The van der Waals surface area contributed by atoms with E-state index in [1.807, 2.05) is 30.9 Å². The number of ether oxygens (including phenoxy) is 2. The van der Waals surface area contributed by atoms with Gasteiger partial charge >= 0.3 is 0 Å². The third kappa shape index (κ3) is 5.88. The van der Waals surface area contributed by atoms with Gasteiger partial charge in [0.1, 0.15) is 23.9 Å². The number of fused-ring (bicyclic) bond motifs is 1. The smallest absolute Gasteiger partial charge is 0.178 e. The molecule has 2 aliphatic heterocycles. The second-order valence-corrected chi connectivity index (χ2v) is 10.3. The molecule has 0 amide bonds. The van der Waals surface area contributed by atoms with Gasteiger partial charge in [0.2, 0.25) is 0 Å². The molecule has 0 N–H and O–H groups in total. The minimum absolute atomic E-state index is 0.0556. The quantitative estimate of drug-likeness (QED) is 0.406. The van der Waals surface area contributed by atoms with Crippen LogP contribution in [0.2, 0.25) is 0 Å². The number of benzene rings is 1. The number of aromatic nitrogens is 3. The predicted molar refractivity (Wildman–Crippen MR) is 143 cm³/mol. The molecule has 5 rings (SSSR count). The molecule has 3 aromatic rings. The van der Waals surface area contributed by atoms with Crippen molar-refractivity contribution in [3.8, 4) is 22.8 Å². The molecule has 0 aliphatic carbocycles. The summed E-state index contributed by atoms with van der Waals surface area (Å²) in [5, 5.41) is 0. The first-order valence-electron chi connectivity index (χ1n) is 13.5. The maximum Gasteiger partial charge on any atom is 0.178 e. The summed E-state index contributed by atoms with van der Waals surface area (Å²) in [6, 6.07) is 6.92. The van der Waals surface area contributed by atoms with Crippen molar-refractivity contribution in [2.24, 2.45) is 5.92 Å². The Morgan fingerprint density at radius 1 is 1.05 bits per heavy atom. The summed E-state index contributed by atoms with van der Waals surface area (Å²) in [6.45, 7) is 11.4. The molecule has 0 spiro atoms. The first kappa shape index (κ1) is 26.3. The molecular weight excluding hydrogens is 488 g/mol. The number of anilines is 1. The fourth-order valence-electron chi connectivity index (χ4n) is 5.11. The van der Waals surface area contributed by atoms with Crippen molar-refractivity contribution >= 4 is 5.69 Å². The number of hydrogen-bond donors (Lipinski definition) is 0. The van der Waals surface area contributed by atoms with Crippen LogP contribution in [-0.2, 0) is 6.42 Å². The fraction of sp³-hybridized carbons (Fsp3) is 0.483. The van der Waals surface area contributed by atoms with E-state index in [0.29, 0.717) is 49.2 Å². The average molecular weight is 524 g/mol. The number of nitrogens with zero attached hydrogens (tertiary/aromatic N) is 5. The van der Waals surface area contributed by atoms with Gasteiger partial charge in [-0.1, -0.05) is 6.92 Å². The summed E-state index contributed by atoms with van der Waals surface area (Å²) in [5.74, 6) is 0.754. The minimum atomic E-state index is -0.609. The molecule has 0 atom stereocenters. The molecular formula is C29H35F2N5O2. The number of likely N-dealkylation sites (tertiary alicyclic amines) is 1. The monoisotopic (exact) mass is 523 g/mol. The van der Waals surface area contributed by atoms with Gasteiger partial charge in [0, 0.05) is 17.3 Å². The summed E-state index contributed by atoms with van der Waals surface area (Å²) >= 11 is 0. The van der Waals surface area contributed by atoms with Gasteiger partial charge in [0.15, 0.2) is 17.4 Å². The third-order valence-corrected chi connectivity index (χ3v) is 7.38. The van der Waals surface area contributed by atoms with Gasteiger partial charge < -0.3 is 19.3 Å². The molecule has 38 heavy (non-hydrogen) atoms. The van der Waals surface area contributed by atoms with Crippen molar-refractivity contribution in [1.82, 2.24) is 19.9 Å². The van der Waals surface area contributed by atoms with E-state index in [1.54, 1.807) is 12.3 Å². The molecule has 0 saturated carbocycles. The molecule has 1 saturated heterocycles. The van der Waals surface area contributed by atoms with Gasteiger partial charge in [0.05, 0.1) is 37.7 Å². The second kappa shape index (κ2) is 11.6. The molecule has 202 valence electrons. The highest BCUT2D eigenvalue weighted by Gasteiger charge is 2.26. The summed E-state index contributed by atoms with van der Waals surface area (Å²) in [6.07, 6.45) is 5.46. The standard InChI is InChI=1S/C29H35F2N5O2/c1-4-35-9-7-20(8-10-35)18-38-23-6-5-22(32-16-23)15-27-33-17-25(31)28(34-27)21-13-24(30)29-26(14-21)36(19(2)3)11-12-37-29/h5-6,13-14,16-17,19-20H,4,7-12,15,18H2,1-3H3. The summed E-state index contributed by atoms with van der Waals surface area (Å²) in [4.78, 5) is 17.6. The second-order valence-electron chi connectivity index (χ2n) is 10.3. The van der Waals surface area contributed by atoms with Crippen LogP contribution in [0.3, 0.4) is 0 Å². The van der Waals surface area contributed by atoms with Crippen LogP contribution in [0.4, 0.5) is 14.5 Å². The normalized spacial score (nSPS) is 16.4. The highest BCUT2D eigenvalue weighted by molar-refractivity contribution is 5.72. The topological polar surface area (TPSA) is 63.6 Å². The van der Waals surface area contributed by atoms with Crippen molar-refractivity contribution in [3.63, 3.8) is 0 Å². The molecule has 1 aromatic carbocycles. The lowest BCUT2D eigenvalue weighted by atomic mass is 9.98. The first-order valence-corrected chi connectivity index (χ1v) is 13.5. The Hall–Kier alpha value is -3.33. The zero-order valence-electron chi connectivity index (χ0n) is 22.3. The lowest BCUT2D eigenvalue weighted by Crippen LogP contribution is -2.38. The zero-order chi connectivity index (χ0) is 26.6. The molecule has 2 aliphatic rings. The molecule has 0 unspecified atom stereocenters. The molecule has 4 heterocycles. The Bertz CT molecular complexity index is 1250. The number of rotatable bonds is 8. The number of hydrogen-bond acceptors (Lipinski definition) is 7. The Morgan fingerprint density at radius 2 is 1.87 bits per heavy atom. The predicted octanol–water partition coefficient (Wildman–Crippen LogP) is 5.13. The van der Waals surface area contributed by atoms with Gasteiger partial charge in [-0.05, 0) is 76.5 Å². The van der Waals surface area contributed by atoms with Crippen LogP contribution in [0.5, 0.6) is 11.5 Å². The van der Waals surface area contributed by atoms with E-state index < -0.39 is 11.6 Å². The Kier molecular flexibility index (Phi) is 8.02. The number of pyridine rings is 1. The Labute approximate surface area is 222 Å². The van der Waals surface area contributed by atoms with E-state index in [4.69, 9.17) is 9.47 Å². The average Bonchev–Trinajstić information content (AvgIpc) is 2.93. The largest absolute Gasteiger partial charge is 0.492 e. The maximum absolute atomic E-state index is 14.9. The van der Waals surface area contributed by atoms with Crippen LogP contribution >= 0.6 is 0 Å². The lowest BCUT2D eigenvalue weighted by Gasteiger charge is -2.34. The van der Waals surface area contributed by atoms with Crippen LogP contribution in [0.1, 0.15) is 45.1 Å². The van der Waals surface area contributed by atoms with Gasteiger partial charge in [-0.2, -0.15) is 0 Å². The van der Waals surface area contributed by atoms with Crippen LogP contribution in [0.15, 0.2) is 36.7 Å². The molecule has 7 nitrogen and oxygen atoms in total. The lowest BCUT2D eigenvalue weighted by molar-refractivity contribution is 0.145. The van der Waals surface area contributed by atoms with E-state index in [-0.39, 0.29) is 17.5 Å². The van der Waals surface area contributed by atoms with E-state index in [1.165, 1.54) is 6.07 Å². The van der Waals surface area contributed by atoms with Crippen molar-refractivity contribution in [1.29, 1.82) is 0 Å². The SMILES string of the molecule is CCN1CCC(COc2ccc(Cc3ncc(F)c(-c4cc(F)c5c(c4)N(C(C)C)CCO5)n3)nc2)CC1. The zero-order valence-corrected chi connectivity index (χ0v) is 22.3. The van der Waals surface area contributed by atoms with Crippen molar-refractivity contribution < 1.29 is 18.3 Å². The summed E-state index contributed by atoms with van der Waals surface area (Å²) < 4.78 is 41.3. The highest BCUT2D eigenvalue weighted by atomic mass is 19.1. The van der Waals surface area contributed by atoms with E-state index in [0.717, 1.165) is 50.1 Å². The maximum atomic E-state index is 14.9. The van der Waals surface area contributed by atoms with Gasteiger partial charge in [-0.25, -0.2) is 18.7 Å². The summed E-state index contributed by atoms with van der Waals surface area (Å²) in [7, 11) is 0. The molecule has 0 radical (unpaired) electrons. The van der Waals surface area contributed by atoms with Crippen LogP contribution in [0.25, 0.3) is 11.3 Å². The van der Waals surface area contributed by atoms with Crippen molar-refractivity contribution in [2.75, 3.05) is 44.3 Å². The van der Waals surface area contributed by atoms with E-state index in [2.05, 4.69) is 26.8 Å². The molecule has 0 bridgehead atoms. The molecule has 9 heteroatoms. The highest BCUT2D eigenvalue weighted by Crippen LogP contribution is 2.39.